The summed E-state index contributed by atoms with van der Waals surface area (Å²) in [5, 5.41) is 0. The number of nitrogens with two attached hydrogens (primary N) is 1. The topological polar surface area (TPSA) is 51.2 Å². The molecule has 78 valence electrons. The summed E-state index contributed by atoms with van der Waals surface area (Å²) in [5.74, 6) is 7.49. The highest BCUT2D eigenvalue weighted by molar-refractivity contribution is 4.98. The number of hydrogen-bond acceptors (Lipinski definition) is 3. The Kier molecular flexibility index (Phi) is 3.22. The maximum absolute atomic E-state index is 5.51. The molecule has 3 nitrogen and oxygen atoms in total. The summed E-state index contributed by atoms with van der Waals surface area (Å²) in [6.07, 6.45) is 7.77. The van der Waals surface area contributed by atoms with E-state index in [-0.39, 0.29) is 0 Å². The number of hydrogen-bond donors (Lipinski definition) is 2. The van der Waals surface area contributed by atoms with Crippen molar-refractivity contribution in [3.05, 3.63) is 24.2 Å². The van der Waals surface area contributed by atoms with Crippen LogP contribution in [-0.2, 0) is 6.42 Å². The fraction of sp³-hybridized carbons (Fsp3) is 0.636. The van der Waals surface area contributed by atoms with Gasteiger partial charge in [0.05, 0.1) is 6.26 Å². The zero-order chi connectivity index (χ0) is 9.80. The quantitative estimate of drug-likeness (QED) is 0.536. The normalized spacial score (nSPS) is 18.4. The van der Waals surface area contributed by atoms with Gasteiger partial charge in [0.15, 0.2) is 0 Å². The van der Waals surface area contributed by atoms with Gasteiger partial charge in [-0.2, -0.15) is 0 Å². The fourth-order valence-corrected chi connectivity index (χ4v) is 1.80. The zero-order valence-corrected chi connectivity index (χ0v) is 8.41. The molecule has 0 spiro atoms. The van der Waals surface area contributed by atoms with Gasteiger partial charge in [-0.05, 0) is 30.9 Å². The summed E-state index contributed by atoms with van der Waals surface area (Å²) in [5.41, 5.74) is 2.89. The van der Waals surface area contributed by atoms with Gasteiger partial charge in [0, 0.05) is 12.5 Å². The molecule has 0 radical (unpaired) electrons. The SMILES string of the molecule is NNC(CCc1ccco1)CC1CC1. The van der Waals surface area contributed by atoms with Crippen molar-refractivity contribution in [3.63, 3.8) is 0 Å². The van der Waals surface area contributed by atoms with Crippen LogP contribution in [0.5, 0.6) is 0 Å². The summed E-state index contributed by atoms with van der Waals surface area (Å²) >= 11 is 0. The lowest BCUT2D eigenvalue weighted by Crippen LogP contribution is -2.35. The van der Waals surface area contributed by atoms with Gasteiger partial charge in [0.1, 0.15) is 5.76 Å². The Hall–Kier alpha value is -0.800. The Balaban J connectivity index is 1.71. The lowest BCUT2D eigenvalue weighted by Gasteiger charge is -2.14. The largest absolute Gasteiger partial charge is 0.469 e. The molecule has 14 heavy (non-hydrogen) atoms. The molecule has 1 unspecified atom stereocenters. The summed E-state index contributed by atoms with van der Waals surface area (Å²) in [7, 11) is 0. The van der Waals surface area contributed by atoms with Gasteiger partial charge in [-0.1, -0.05) is 12.8 Å². The van der Waals surface area contributed by atoms with Gasteiger partial charge in [0.25, 0.3) is 0 Å². The van der Waals surface area contributed by atoms with Crippen molar-refractivity contribution < 1.29 is 4.42 Å². The van der Waals surface area contributed by atoms with Crippen molar-refractivity contribution >= 4 is 0 Å². The highest BCUT2D eigenvalue weighted by Crippen LogP contribution is 2.34. The van der Waals surface area contributed by atoms with E-state index in [1.165, 1.54) is 19.3 Å². The average molecular weight is 194 g/mol. The molecule has 1 saturated carbocycles. The van der Waals surface area contributed by atoms with Crippen LogP contribution in [0.15, 0.2) is 22.8 Å². The second kappa shape index (κ2) is 4.62. The van der Waals surface area contributed by atoms with Crippen molar-refractivity contribution in [1.82, 2.24) is 5.43 Å². The molecular weight excluding hydrogens is 176 g/mol. The predicted molar refractivity (Wildman–Crippen MR) is 55.5 cm³/mol. The van der Waals surface area contributed by atoms with E-state index in [4.69, 9.17) is 10.3 Å². The molecule has 3 N–H and O–H groups in total. The fourth-order valence-electron chi connectivity index (χ4n) is 1.80. The third kappa shape index (κ3) is 2.86. The summed E-state index contributed by atoms with van der Waals surface area (Å²) in [6, 6.07) is 4.40. The van der Waals surface area contributed by atoms with Crippen LogP contribution in [0.2, 0.25) is 0 Å². The van der Waals surface area contributed by atoms with Crippen LogP contribution in [-0.4, -0.2) is 6.04 Å². The highest BCUT2D eigenvalue weighted by atomic mass is 16.3. The molecule has 0 bridgehead atoms. The van der Waals surface area contributed by atoms with E-state index in [0.717, 1.165) is 24.5 Å². The minimum atomic E-state index is 0.451. The summed E-state index contributed by atoms with van der Waals surface area (Å²) in [6.45, 7) is 0. The Labute approximate surface area is 84.6 Å². The molecule has 1 heterocycles. The Morgan fingerprint density at radius 1 is 1.57 bits per heavy atom. The van der Waals surface area contributed by atoms with Gasteiger partial charge >= 0.3 is 0 Å². The Morgan fingerprint density at radius 2 is 2.43 bits per heavy atom. The lowest BCUT2D eigenvalue weighted by molar-refractivity contribution is 0.417. The number of nitrogens with one attached hydrogen (secondary N) is 1. The van der Waals surface area contributed by atoms with Gasteiger partial charge in [-0.3, -0.25) is 11.3 Å². The van der Waals surface area contributed by atoms with Crippen LogP contribution < -0.4 is 11.3 Å². The lowest BCUT2D eigenvalue weighted by atomic mass is 10.0. The number of furan rings is 1. The molecule has 3 heteroatoms. The number of aryl methyl sites for hydroxylation is 1. The van der Waals surface area contributed by atoms with Crippen molar-refractivity contribution in [1.29, 1.82) is 0 Å². The second-order valence-electron chi connectivity index (χ2n) is 4.16. The number of rotatable bonds is 6. The van der Waals surface area contributed by atoms with Crippen molar-refractivity contribution in [2.24, 2.45) is 11.8 Å². The first-order valence-electron chi connectivity index (χ1n) is 5.37. The standard InChI is InChI=1S/C11H18N2O/c12-13-10(8-9-3-4-9)5-6-11-2-1-7-14-11/h1-2,7,9-10,13H,3-6,8,12H2. The molecule has 2 rings (SSSR count). The van der Waals surface area contributed by atoms with Crippen LogP contribution in [0.3, 0.4) is 0 Å². The van der Waals surface area contributed by atoms with Gasteiger partial charge in [-0.15, -0.1) is 0 Å². The predicted octanol–water partition coefficient (Wildman–Crippen LogP) is 1.84. The summed E-state index contributed by atoms with van der Waals surface area (Å²) < 4.78 is 5.28. The van der Waals surface area contributed by atoms with E-state index in [9.17, 15) is 0 Å². The molecule has 1 aromatic rings. The van der Waals surface area contributed by atoms with E-state index in [1.54, 1.807) is 6.26 Å². The van der Waals surface area contributed by atoms with Crippen molar-refractivity contribution in [2.45, 2.75) is 38.1 Å². The van der Waals surface area contributed by atoms with Gasteiger partial charge in [0.2, 0.25) is 0 Å². The molecule has 1 fully saturated rings. The van der Waals surface area contributed by atoms with Crippen LogP contribution in [0.25, 0.3) is 0 Å². The molecule has 1 aromatic heterocycles. The zero-order valence-electron chi connectivity index (χ0n) is 8.41. The van der Waals surface area contributed by atoms with Gasteiger partial charge in [-0.25, -0.2) is 0 Å². The smallest absolute Gasteiger partial charge is 0.103 e. The average Bonchev–Trinajstić information content (AvgIpc) is 2.86. The van der Waals surface area contributed by atoms with Gasteiger partial charge < -0.3 is 4.42 Å². The molecular formula is C11H18N2O. The molecule has 0 aromatic carbocycles. The Morgan fingerprint density at radius 3 is 3.00 bits per heavy atom. The second-order valence-corrected chi connectivity index (χ2v) is 4.16. The third-order valence-corrected chi connectivity index (χ3v) is 2.87. The molecule has 1 aliphatic rings. The van der Waals surface area contributed by atoms with Crippen LogP contribution in [0.4, 0.5) is 0 Å². The van der Waals surface area contributed by atoms with E-state index in [1.807, 2.05) is 12.1 Å². The monoisotopic (exact) mass is 194 g/mol. The molecule has 1 atom stereocenters. The summed E-state index contributed by atoms with van der Waals surface area (Å²) in [4.78, 5) is 0. The minimum absolute atomic E-state index is 0.451. The maximum Gasteiger partial charge on any atom is 0.103 e. The number of hydrazine groups is 1. The third-order valence-electron chi connectivity index (χ3n) is 2.87. The molecule has 0 saturated heterocycles. The first-order chi connectivity index (χ1) is 6.88. The van der Waals surface area contributed by atoms with Crippen LogP contribution in [0.1, 0.15) is 31.4 Å². The first kappa shape index (κ1) is 9.74. The van der Waals surface area contributed by atoms with E-state index < -0.39 is 0 Å². The van der Waals surface area contributed by atoms with E-state index in [2.05, 4.69) is 5.43 Å². The first-order valence-corrected chi connectivity index (χ1v) is 5.37. The molecule has 1 aliphatic carbocycles. The molecule has 0 amide bonds. The highest BCUT2D eigenvalue weighted by Gasteiger charge is 2.24. The van der Waals surface area contributed by atoms with E-state index in [0.29, 0.717) is 6.04 Å². The maximum atomic E-state index is 5.51. The van der Waals surface area contributed by atoms with Crippen LogP contribution in [0, 0.1) is 5.92 Å². The van der Waals surface area contributed by atoms with Crippen molar-refractivity contribution in [3.8, 4) is 0 Å². The molecule has 0 aliphatic heterocycles. The minimum Gasteiger partial charge on any atom is -0.469 e. The van der Waals surface area contributed by atoms with Crippen molar-refractivity contribution in [2.75, 3.05) is 0 Å². The Bertz CT molecular complexity index is 254. The van der Waals surface area contributed by atoms with E-state index >= 15 is 0 Å². The van der Waals surface area contributed by atoms with Crippen LogP contribution >= 0.6 is 0 Å².